The highest BCUT2D eigenvalue weighted by Gasteiger charge is 2.39. The minimum atomic E-state index is -1.84. The number of alkyl halides is 1. The molecule has 2 amide bonds. The fourth-order valence-electron chi connectivity index (χ4n) is 4.26. The molecule has 2 unspecified atom stereocenters. The van der Waals surface area contributed by atoms with Gasteiger partial charge in [0.15, 0.2) is 17.2 Å². The van der Waals surface area contributed by atoms with Crippen LogP contribution >= 0.6 is 0 Å². The van der Waals surface area contributed by atoms with Crippen molar-refractivity contribution in [2.75, 3.05) is 67.6 Å². The number of carbonyl (C=O) groups is 2. The monoisotopic (exact) mass is 658 g/mol. The Labute approximate surface area is 272 Å². The van der Waals surface area contributed by atoms with E-state index < -0.39 is 29.2 Å². The van der Waals surface area contributed by atoms with Gasteiger partial charge in [-0.3, -0.25) is 9.59 Å². The lowest BCUT2D eigenvalue weighted by Gasteiger charge is -2.31. The van der Waals surface area contributed by atoms with Crippen molar-refractivity contribution < 1.29 is 36.6 Å². The molecule has 0 bridgehead atoms. The van der Waals surface area contributed by atoms with Crippen molar-refractivity contribution in [3.05, 3.63) is 52.4 Å². The number of likely N-dealkylation sites (N-methyl/N-ethyl adjacent to an activating group) is 2. The summed E-state index contributed by atoms with van der Waals surface area (Å²) in [6.07, 6.45) is 5.63. The number of amides is 2. The third-order valence-corrected chi connectivity index (χ3v) is 7.31. The van der Waals surface area contributed by atoms with Crippen LogP contribution in [0.1, 0.15) is 64.0 Å². The maximum absolute atomic E-state index is 14.5. The Bertz CT molecular complexity index is 1170. The van der Waals surface area contributed by atoms with Gasteiger partial charge in [0.25, 0.3) is 0 Å². The van der Waals surface area contributed by atoms with E-state index in [0.717, 1.165) is 25.7 Å². The Morgan fingerprint density at radius 1 is 0.913 bits per heavy atom. The zero-order chi connectivity index (χ0) is 34.9. The molecule has 2 N–H and O–H groups in total. The van der Waals surface area contributed by atoms with Crippen LogP contribution in [0.4, 0.5) is 17.6 Å². The summed E-state index contributed by atoms with van der Waals surface area (Å²) in [5, 5.41) is 5.85. The Morgan fingerprint density at radius 2 is 1.46 bits per heavy atom. The molecular weight excluding hydrogens is 604 g/mol. The molecule has 0 saturated heterocycles. The van der Waals surface area contributed by atoms with E-state index in [4.69, 9.17) is 9.47 Å². The predicted octanol–water partition coefficient (Wildman–Crippen LogP) is 5.43. The number of aryl methyl sites for hydroxylation is 1. The second-order valence-corrected chi connectivity index (χ2v) is 11.9. The molecule has 1 aromatic rings. The number of ether oxygens (including phenoxy) is 2. The first-order valence-corrected chi connectivity index (χ1v) is 16.0. The Morgan fingerprint density at radius 3 is 2.00 bits per heavy atom. The smallest absolute Gasteiger partial charge is 0.236 e. The molecule has 12 heteroatoms. The summed E-state index contributed by atoms with van der Waals surface area (Å²) < 4.78 is 68.3. The molecule has 0 radical (unpaired) electrons. The van der Waals surface area contributed by atoms with E-state index in [0.29, 0.717) is 43.9 Å². The zero-order valence-electron chi connectivity index (χ0n) is 28.8. The Kier molecular flexibility index (Phi) is 18.8. The maximum atomic E-state index is 14.5. The molecular formula is C34H54F4N4O4. The molecule has 2 atom stereocenters. The predicted molar refractivity (Wildman–Crippen MR) is 174 cm³/mol. The number of rotatable bonds is 18. The van der Waals surface area contributed by atoms with Crippen LogP contribution in [0.15, 0.2) is 29.6 Å². The van der Waals surface area contributed by atoms with Crippen LogP contribution in [0.5, 0.6) is 5.75 Å². The van der Waals surface area contributed by atoms with Gasteiger partial charge < -0.3 is 29.9 Å². The molecule has 1 aliphatic carbocycles. The molecule has 2 rings (SSSR count). The van der Waals surface area contributed by atoms with Crippen molar-refractivity contribution in [3.63, 3.8) is 0 Å². The number of hydrogen-bond acceptors (Lipinski definition) is 6. The van der Waals surface area contributed by atoms with Crippen LogP contribution in [0, 0.1) is 18.6 Å². The number of nitrogens with zero attached hydrogens (tertiary/aromatic N) is 2. The topological polar surface area (TPSA) is 83.1 Å². The Balaban J connectivity index is 0.000000460. The Hall–Kier alpha value is -2.96. The number of carbonyl (C=O) groups excluding carboxylic acids is 2. The van der Waals surface area contributed by atoms with E-state index in [1.54, 1.807) is 35.1 Å². The van der Waals surface area contributed by atoms with E-state index in [-0.39, 0.29) is 42.6 Å². The number of nitrogens with one attached hydrogen (secondary N) is 2. The molecule has 1 aromatic carbocycles. The molecule has 0 spiro atoms. The third-order valence-electron chi connectivity index (χ3n) is 7.31. The highest BCUT2D eigenvalue weighted by atomic mass is 19.2. The molecule has 0 heterocycles. The van der Waals surface area contributed by atoms with Gasteiger partial charge in [0.05, 0.1) is 19.7 Å². The number of unbranched alkanes of at least 4 members (excludes halogenated alkanes) is 2. The molecule has 0 fully saturated rings. The fraction of sp³-hybridized carbons (Fsp3) is 0.647. The molecule has 46 heavy (non-hydrogen) atoms. The van der Waals surface area contributed by atoms with Crippen molar-refractivity contribution in [3.8, 4) is 5.75 Å². The molecule has 0 aromatic heterocycles. The molecule has 1 aliphatic rings. The van der Waals surface area contributed by atoms with Crippen LogP contribution in [0.3, 0.4) is 0 Å². The minimum Gasteiger partial charge on any atom is -0.490 e. The lowest BCUT2D eigenvalue weighted by Crippen LogP contribution is -2.39. The average Bonchev–Trinajstić information content (AvgIpc) is 2.99. The van der Waals surface area contributed by atoms with Gasteiger partial charge in [-0.2, -0.15) is 0 Å². The van der Waals surface area contributed by atoms with Gasteiger partial charge in [-0.05, 0) is 75.9 Å². The maximum Gasteiger partial charge on any atom is 0.236 e. The quantitative estimate of drug-likeness (QED) is 0.162. The number of benzene rings is 1. The number of allylic oxidation sites excluding steroid dienone is 1. The highest BCUT2D eigenvalue weighted by molar-refractivity contribution is 5.78. The van der Waals surface area contributed by atoms with E-state index in [2.05, 4.69) is 10.6 Å². The first kappa shape index (κ1) is 41.1. The summed E-state index contributed by atoms with van der Waals surface area (Å²) in [5.41, 5.74) is -0.968. The van der Waals surface area contributed by atoms with E-state index in [1.807, 2.05) is 13.8 Å². The van der Waals surface area contributed by atoms with Crippen molar-refractivity contribution in [2.24, 2.45) is 0 Å². The highest BCUT2D eigenvalue weighted by Crippen LogP contribution is 2.35. The SMILES string of the molecule is CCCCOC1C(F)=C(CCNCC(=O)N(C)C)C=CC1(C)F.CCCCOc1c(C)cc(F)c(CCNCC(=O)N(C)C)c1F. The van der Waals surface area contributed by atoms with Crippen molar-refractivity contribution in [1.82, 2.24) is 20.4 Å². The zero-order valence-corrected chi connectivity index (χ0v) is 28.8. The van der Waals surface area contributed by atoms with Crippen molar-refractivity contribution >= 4 is 11.8 Å². The van der Waals surface area contributed by atoms with Gasteiger partial charge in [0, 0.05) is 40.4 Å². The van der Waals surface area contributed by atoms with E-state index in [9.17, 15) is 27.2 Å². The average molecular weight is 659 g/mol. The van der Waals surface area contributed by atoms with Crippen LogP contribution in [0.25, 0.3) is 0 Å². The summed E-state index contributed by atoms with van der Waals surface area (Å²) >= 11 is 0. The third kappa shape index (κ3) is 13.8. The summed E-state index contributed by atoms with van der Waals surface area (Å²) in [5.74, 6) is -1.77. The first-order valence-electron chi connectivity index (χ1n) is 16.0. The number of hydrogen-bond donors (Lipinski definition) is 2. The van der Waals surface area contributed by atoms with Gasteiger partial charge in [-0.25, -0.2) is 17.6 Å². The summed E-state index contributed by atoms with van der Waals surface area (Å²) in [6, 6.07) is 1.30. The van der Waals surface area contributed by atoms with Crippen LogP contribution in [0.2, 0.25) is 0 Å². The molecule has 0 saturated carbocycles. The second-order valence-electron chi connectivity index (χ2n) is 11.9. The fourth-order valence-corrected chi connectivity index (χ4v) is 4.26. The van der Waals surface area contributed by atoms with Crippen molar-refractivity contribution in [2.45, 2.75) is 78.0 Å². The summed E-state index contributed by atoms with van der Waals surface area (Å²) in [7, 11) is 6.67. The van der Waals surface area contributed by atoms with Gasteiger partial charge in [-0.1, -0.05) is 32.8 Å². The van der Waals surface area contributed by atoms with Crippen LogP contribution < -0.4 is 15.4 Å². The van der Waals surface area contributed by atoms with Gasteiger partial charge in [0.2, 0.25) is 11.8 Å². The van der Waals surface area contributed by atoms with Crippen molar-refractivity contribution in [1.29, 1.82) is 0 Å². The molecule has 8 nitrogen and oxygen atoms in total. The molecule has 0 aliphatic heterocycles. The largest absolute Gasteiger partial charge is 0.490 e. The normalized spacial score (nSPS) is 17.4. The lowest BCUT2D eigenvalue weighted by molar-refractivity contribution is -0.128. The van der Waals surface area contributed by atoms with Crippen LogP contribution in [-0.2, 0) is 20.7 Å². The van der Waals surface area contributed by atoms with Gasteiger partial charge in [-0.15, -0.1) is 0 Å². The number of halogens is 4. The van der Waals surface area contributed by atoms with Gasteiger partial charge in [0.1, 0.15) is 17.7 Å². The van der Waals surface area contributed by atoms with Gasteiger partial charge >= 0.3 is 0 Å². The van der Waals surface area contributed by atoms with Crippen LogP contribution in [-0.4, -0.2) is 101 Å². The second kappa shape index (κ2) is 21.0. The van der Waals surface area contributed by atoms with E-state index in [1.165, 1.54) is 34.9 Å². The first-order chi connectivity index (χ1) is 21.7. The standard InChI is InChI=1S/C17H28F2N2O2.C17H26F2N2O2/c1-5-6-11-23-16-15(18)13(7-9-17(16,2)19)8-10-20-12-14(22)21(3)4;1-5-6-9-23-17-12(2)10-14(18)13(16(17)19)7-8-20-11-15(22)21(3)4/h7,9,16,20H,5-6,8,10-12H2,1-4H3;10,20H,5-9,11H2,1-4H3. The summed E-state index contributed by atoms with van der Waals surface area (Å²) in [4.78, 5) is 25.8. The molecule has 262 valence electrons. The minimum absolute atomic E-state index is 0.00750. The lowest BCUT2D eigenvalue weighted by atomic mass is 9.90. The van der Waals surface area contributed by atoms with E-state index >= 15 is 0 Å². The summed E-state index contributed by atoms with van der Waals surface area (Å²) in [6.45, 7) is 8.81.